The first-order chi connectivity index (χ1) is 13.4. The zero-order valence-electron chi connectivity index (χ0n) is 15.0. The van der Waals surface area contributed by atoms with E-state index in [1.165, 1.54) is 23.1 Å². The van der Waals surface area contributed by atoms with Crippen LogP contribution in [0.1, 0.15) is 30.4 Å². The Morgan fingerprint density at radius 3 is 2.57 bits per heavy atom. The van der Waals surface area contributed by atoms with Crippen molar-refractivity contribution in [2.45, 2.75) is 43.2 Å². The molecule has 28 heavy (non-hydrogen) atoms. The summed E-state index contributed by atoms with van der Waals surface area (Å²) in [5, 5.41) is 2.68. The molecule has 1 atom stereocenters. The van der Waals surface area contributed by atoms with Crippen LogP contribution in [-0.2, 0) is 21.5 Å². The zero-order valence-corrected chi connectivity index (χ0v) is 15.0. The first kappa shape index (κ1) is 18.5. The largest absolute Gasteiger partial charge is 0.351 e. The number of nitrogens with zero attached hydrogens (tertiary/aromatic N) is 1. The van der Waals surface area contributed by atoms with Crippen LogP contribution in [0.5, 0.6) is 0 Å². The second-order valence-electron chi connectivity index (χ2n) is 7.41. The van der Waals surface area contributed by atoms with E-state index >= 15 is 0 Å². The minimum absolute atomic E-state index is 0.237. The van der Waals surface area contributed by atoms with E-state index in [1.54, 1.807) is 18.2 Å². The summed E-state index contributed by atoms with van der Waals surface area (Å²) in [5.41, 5.74) is 0.368. The fourth-order valence-corrected chi connectivity index (χ4v) is 4.25. The zero-order chi connectivity index (χ0) is 19.9. The van der Waals surface area contributed by atoms with E-state index in [4.69, 9.17) is 0 Å². The third kappa shape index (κ3) is 2.95. The Bertz CT molecular complexity index is 925. The van der Waals surface area contributed by atoms with Crippen LogP contribution in [0.3, 0.4) is 0 Å². The van der Waals surface area contributed by atoms with E-state index < -0.39 is 42.1 Å². The van der Waals surface area contributed by atoms with Gasteiger partial charge < -0.3 is 5.32 Å². The van der Waals surface area contributed by atoms with E-state index in [9.17, 15) is 22.8 Å². The van der Waals surface area contributed by atoms with E-state index in [1.807, 2.05) is 12.1 Å². The molecule has 0 heterocycles. The van der Waals surface area contributed by atoms with Crippen molar-refractivity contribution in [3.8, 4) is 0 Å². The van der Waals surface area contributed by atoms with Gasteiger partial charge in [-0.15, -0.1) is 0 Å². The number of rotatable bonds is 5. The summed E-state index contributed by atoms with van der Waals surface area (Å²) >= 11 is 0. The number of anilines is 1. The molecule has 2 aromatic carbocycles. The quantitative estimate of drug-likeness (QED) is 0.797. The monoisotopic (exact) mass is 388 g/mol. The summed E-state index contributed by atoms with van der Waals surface area (Å²) in [5.74, 6) is -3.83. The number of nitrogens with one attached hydrogen (secondary N) is 1. The van der Waals surface area contributed by atoms with E-state index in [2.05, 4.69) is 5.32 Å². The van der Waals surface area contributed by atoms with Crippen LogP contribution in [0.2, 0.25) is 0 Å². The number of halogens is 3. The number of hydrogen-bond acceptors (Lipinski definition) is 2. The molecule has 4 nitrogen and oxygen atoms in total. The molecular formula is C21H19F3N2O2. The summed E-state index contributed by atoms with van der Waals surface area (Å²) in [6.45, 7) is 0. The topological polar surface area (TPSA) is 49.4 Å². The van der Waals surface area contributed by atoms with Crippen molar-refractivity contribution in [3.05, 3.63) is 65.5 Å². The number of alkyl halides is 2. The van der Waals surface area contributed by atoms with Gasteiger partial charge in [-0.05, 0) is 42.2 Å². The van der Waals surface area contributed by atoms with Crippen molar-refractivity contribution in [1.29, 1.82) is 0 Å². The van der Waals surface area contributed by atoms with E-state index in [0.717, 1.165) is 5.56 Å². The molecule has 2 aliphatic rings. The molecule has 1 fully saturated rings. The van der Waals surface area contributed by atoms with Crippen LogP contribution in [0.4, 0.5) is 18.9 Å². The van der Waals surface area contributed by atoms with Crippen LogP contribution in [0, 0.1) is 5.82 Å². The van der Waals surface area contributed by atoms with Crippen LogP contribution in [-0.4, -0.2) is 24.3 Å². The summed E-state index contributed by atoms with van der Waals surface area (Å²) < 4.78 is 40.3. The van der Waals surface area contributed by atoms with Gasteiger partial charge in [0.25, 0.3) is 11.8 Å². The lowest BCUT2D eigenvalue weighted by Gasteiger charge is -2.42. The van der Waals surface area contributed by atoms with Crippen LogP contribution >= 0.6 is 0 Å². The van der Waals surface area contributed by atoms with Crippen molar-refractivity contribution in [2.75, 3.05) is 4.90 Å². The van der Waals surface area contributed by atoms with E-state index in [-0.39, 0.29) is 12.1 Å². The van der Waals surface area contributed by atoms with Crippen molar-refractivity contribution >= 4 is 18.0 Å². The molecule has 7 heteroatoms. The molecule has 4 rings (SSSR count). The van der Waals surface area contributed by atoms with Crippen LogP contribution < -0.4 is 10.2 Å². The van der Waals surface area contributed by atoms with Crippen LogP contribution in [0.25, 0.3) is 0 Å². The molecule has 0 aromatic heterocycles. The second-order valence-corrected chi connectivity index (χ2v) is 7.41. The predicted molar refractivity (Wildman–Crippen MR) is 97.5 cm³/mol. The van der Waals surface area contributed by atoms with Crippen molar-refractivity contribution in [3.63, 3.8) is 0 Å². The molecule has 2 aliphatic carbocycles. The Morgan fingerprint density at radius 2 is 1.89 bits per heavy atom. The molecule has 146 valence electrons. The van der Waals surface area contributed by atoms with Gasteiger partial charge in [-0.25, -0.2) is 13.2 Å². The molecule has 0 bridgehead atoms. The maximum atomic E-state index is 13.8. The predicted octanol–water partition coefficient (Wildman–Crippen LogP) is 3.54. The highest BCUT2D eigenvalue weighted by Crippen LogP contribution is 2.45. The number of aryl methyl sites for hydroxylation is 1. The molecule has 2 amide bonds. The SMILES string of the molecule is O=CN(c1cccc(F)c1)C1(C(=O)NC2CC(F)(F)C2)CCc2ccccc21. The van der Waals surface area contributed by atoms with Gasteiger partial charge in [0.15, 0.2) is 5.54 Å². The summed E-state index contributed by atoms with van der Waals surface area (Å²) in [7, 11) is 0. The Labute approximate surface area is 160 Å². The normalized spacial score (nSPS) is 22.8. The maximum Gasteiger partial charge on any atom is 0.252 e. The third-order valence-electron chi connectivity index (χ3n) is 5.62. The first-order valence-corrected chi connectivity index (χ1v) is 9.13. The van der Waals surface area contributed by atoms with Gasteiger partial charge in [-0.3, -0.25) is 14.5 Å². The summed E-state index contributed by atoms with van der Waals surface area (Å²) in [6, 6.07) is 12.0. The molecule has 1 N–H and O–H groups in total. The molecule has 0 spiro atoms. The number of benzene rings is 2. The number of carbonyl (C=O) groups is 2. The Kier molecular flexibility index (Phi) is 4.40. The number of amides is 2. The smallest absolute Gasteiger partial charge is 0.252 e. The molecule has 1 saturated carbocycles. The molecule has 0 saturated heterocycles. The van der Waals surface area contributed by atoms with Gasteiger partial charge in [0.2, 0.25) is 6.41 Å². The average molecular weight is 388 g/mol. The van der Waals surface area contributed by atoms with Crippen molar-refractivity contribution in [1.82, 2.24) is 5.32 Å². The molecule has 2 aromatic rings. The fraction of sp³-hybridized carbons (Fsp3) is 0.333. The number of carbonyl (C=O) groups excluding carboxylic acids is 2. The molecule has 1 unspecified atom stereocenters. The standard InChI is InChI=1S/C21H19F3N2O2/c22-15-5-3-6-17(10-15)26(13-27)21(9-8-14-4-1-2-7-18(14)21)19(28)25-16-11-20(23,24)12-16/h1-7,10,13,16H,8-9,11-12H2,(H,25,28). The number of fused-ring (bicyclic) bond motifs is 1. The van der Waals surface area contributed by atoms with Gasteiger partial charge in [-0.2, -0.15) is 0 Å². The molecule has 0 aliphatic heterocycles. The first-order valence-electron chi connectivity index (χ1n) is 9.13. The lowest BCUT2D eigenvalue weighted by molar-refractivity contribution is -0.135. The highest BCUT2D eigenvalue weighted by molar-refractivity contribution is 5.98. The average Bonchev–Trinajstić information content (AvgIpc) is 3.02. The lowest BCUT2D eigenvalue weighted by atomic mass is 9.84. The van der Waals surface area contributed by atoms with Crippen LogP contribution in [0.15, 0.2) is 48.5 Å². The minimum atomic E-state index is -2.77. The highest BCUT2D eigenvalue weighted by Gasteiger charge is 2.53. The van der Waals surface area contributed by atoms with Crippen molar-refractivity contribution in [2.24, 2.45) is 0 Å². The minimum Gasteiger partial charge on any atom is -0.351 e. The number of hydrogen-bond donors (Lipinski definition) is 1. The third-order valence-corrected chi connectivity index (χ3v) is 5.62. The second kappa shape index (κ2) is 6.65. The van der Waals surface area contributed by atoms with Gasteiger partial charge in [0.05, 0.1) is 0 Å². The summed E-state index contributed by atoms with van der Waals surface area (Å²) in [4.78, 5) is 26.7. The Morgan fingerprint density at radius 1 is 1.14 bits per heavy atom. The Hall–Kier alpha value is -2.83. The highest BCUT2D eigenvalue weighted by atomic mass is 19.3. The molecular weight excluding hydrogens is 369 g/mol. The lowest BCUT2D eigenvalue weighted by Crippen LogP contribution is -2.60. The molecule has 0 radical (unpaired) electrons. The fourth-order valence-electron chi connectivity index (χ4n) is 4.25. The van der Waals surface area contributed by atoms with E-state index in [0.29, 0.717) is 18.4 Å². The Balaban J connectivity index is 1.76. The van der Waals surface area contributed by atoms with Gasteiger partial charge in [0.1, 0.15) is 5.82 Å². The summed E-state index contributed by atoms with van der Waals surface area (Å²) in [6.07, 6.45) is 0.501. The van der Waals surface area contributed by atoms with Crippen molar-refractivity contribution < 1.29 is 22.8 Å². The van der Waals surface area contributed by atoms with Gasteiger partial charge >= 0.3 is 0 Å². The van der Waals surface area contributed by atoms with Gasteiger partial charge in [0, 0.05) is 24.6 Å². The van der Waals surface area contributed by atoms with Gasteiger partial charge in [-0.1, -0.05) is 30.3 Å². The maximum absolute atomic E-state index is 13.8.